The van der Waals surface area contributed by atoms with E-state index in [1.807, 2.05) is 29.2 Å². The molecule has 0 N–H and O–H groups in total. The molecular weight excluding hydrogens is 331 g/mol. The molecule has 92 valence electrons. The Hall–Kier alpha value is -0.820. The van der Waals surface area contributed by atoms with Crippen molar-refractivity contribution in [1.29, 1.82) is 0 Å². The fourth-order valence-electron chi connectivity index (χ4n) is 1.83. The second-order valence-electron chi connectivity index (χ2n) is 3.90. The van der Waals surface area contributed by atoms with Gasteiger partial charge in [0.05, 0.1) is 7.11 Å². The first-order valence-electron chi connectivity index (χ1n) is 5.56. The monoisotopic (exact) mass is 346 g/mol. The summed E-state index contributed by atoms with van der Waals surface area (Å²) in [6.07, 6.45) is 0.578. The molecule has 1 heterocycles. The lowest BCUT2D eigenvalue weighted by Gasteiger charge is -2.20. The molecule has 1 aliphatic rings. The third-order valence-corrected chi connectivity index (χ3v) is 3.78. The molecule has 0 radical (unpaired) electrons. The lowest BCUT2D eigenvalue weighted by molar-refractivity contribution is -0.118. The smallest absolute Gasteiger partial charge is 0.228 e. The highest BCUT2D eigenvalue weighted by Crippen LogP contribution is 2.21. The van der Waals surface area contributed by atoms with Crippen molar-refractivity contribution >= 4 is 34.5 Å². The van der Waals surface area contributed by atoms with Gasteiger partial charge in [-0.25, -0.2) is 3.11 Å². The van der Waals surface area contributed by atoms with Crippen LogP contribution in [0.25, 0.3) is 0 Å². The van der Waals surface area contributed by atoms with E-state index in [9.17, 15) is 4.79 Å². The Morgan fingerprint density at radius 1 is 1.18 bits per heavy atom. The maximum atomic E-state index is 12.0. The number of anilines is 1. The molecule has 1 aliphatic heterocycles. The molecule has 1 aromatic rings. The van der Waals surface area contributed by atoms with E-state index in [4.69, 9.17) is 4.74 Å². The molecule has 1 fully saturated rings. The van der Waals surface area contributed by atoms with Gasteiger partial charge in [-0.2, -0.15) is 0 Å². The predicted octanol–water partition coefficient (Wildman–Crippen LogP) is 2.08. The molecule has 0 bridgehead atoms. The summed E-state index contributed by atoms with van der Waals surface area (Å²) in [5, 5.41) is 0. The Labute approximate surface area is 115 Å². The fourth-order valence-corrected chi connectivity index (χ4v) is 2.29. The first-order chi connectivity index (χ1) is 8.20. The summed E-state index contributed by atoms with van der Waals surface area (Å²) >= 11 is 2.27. The molecule has 0 spiro atoms. The number of hydrogen-bond donors (Lipinski definition) is 0. The first-order valence-corrected chi connectivity index (χ1v) is 6.52. The zero-order valence-corrected chi connectivity index (χ0v) is 11.9. The molecule has 0 aromatic heterocycles. The Bertz CT molecular complexity index is 394. The predicted molar refractivity (Wildman–Crippen MR) is 75.6 cm³/mol. The van der Waals surface area contributed by atoms with Gasteiger partial charge in [0, 0.05) is 54.6 Å². The van der Waals surface area contributed by atoms with Gasteiger partial charge in [-0.1, -0.05) is 0 Å². The van der Waals surface area contributed by atoms with E-state index in [1.54, 1.807) is 7.11 Å². The molecule has 0 atom stereocenters. The minimum atomic E-state index is 0.189. The molecule has 0 aliphatic carbocycles. The third kappa shape index (κ3) is 3.10. The van der Waals surface area contributed by atoms with Gasteiger partial charge >= 0.3 is 0 Å². The average molecular weight is 346 g/mol. The molecule has 0 unspecified atom stereocenters. The number of nitrogens with zero attached hydrogens (tertiary/aromatic N) is 2. The molecule has 17 heavy (non-hydrogen) atoms. The first kappa shape index (κ1) is 12.6. The zero-order valence-electron chi connectivity index (χ0n) is 9.73. The maximum absolute atomic E-state index is 12.0. The number of rotatable bonds is 2. The van der Waals surface area contributed by atoms with E-state index in [0.29, 0.717) is 6.42 Å². The van der Waals surface area contributed by atoms with Gasteiger partial charge in [-0.05, 0) is 24.3 Å². The maximum Gasteiger partial charge on any atom is 0.228 e. The van der Waals surface area contributed by atoms with Crippen molar-refractivity contribution in [2.45, 2.75) is 6.42 Å². The third-order valence-electron chi connectivity index (χ3n) is 2.82. The van der Waals surface area contributed by atoms with Crippen LogP contribution in [0.15, 0.2) is 24.3 Å². The van der Waals surface area contributed by atoms with Crippen molar-refractivity contribution in [3.8, 4) is 5.75 Å². The van der Waals surface area contributed by atoms with Crippen LogP contribution in [0, 0.1) is 0 Å². The quantitative estimate of drug-likeness (QED) is 0.607. The Balaban J connectivity index is 2.16. The van der Waals surface area contributed by atoms with E-state index < -0.39 is 0 Å². The summed E-state index contributed by atoms with van der Waals surface area (Å²) in [6, 6.07) is 7.63. The normalized spacial score (nSPS) is 18.0. The van der Waals surface area contributed by atoms with Gasteiger partial charge < -0.3 is 9.64 Å². The van der Waals surface area contributed by atoms with E-state index in [1.165, 1.54) is 0 Å². The van der Waals surface area contributed by atoms with Crippen LogP contribution in [0.4, 0.5) is 5.69 Å². The standard InChI is InChI=1S/C12H15IN2O2/c1-17-11-4-2-10(3-5-11)15-9-8-14(13)7-6-12(15)16/h2-5H,6-9H2,1H3. The van der Waals surface area contributed by atoms with Crippen molar-refractivity contribution in [2.75, 3.05) is 31.6 Å². The molecule has 1 amide bonds. The molecule has 1 saturated heterocycles. The van der Waals surface area contributed by atoms with Crippen molar-refractivity contribution in [3.05, 3.63) is 24.3 Å². The number of methoxy groups -OCH3 is 1. The van der Waals surface area contributed by atoms with Crippen LogP contribution in [0.5, 0.6) is 5.75 Å². The van der Waals surface area contributed by atoms with Gasteiger partial charge in [0.25, 0.3) is 0 Å². The van der Waals surface area contributed by atoms with Crippen molar-refractivity contribution in [1.82, 2.24) is 3.11 Å². The summed E-state index contributed by atoms with van der Waals surface area (Å²) in [7, 11) is 1.64. The Morgan fingerprint density at radius 3 is 2.53 bits per heavy atom. The van der Waals surface area contributed by atoms with Crippen LogP contribution in [-0.2, 0) is 4.79 Å². The number of carbonyl (C=O) groups is 1. The van der Waals surface area contributed by atoms with Crippen molar-refractivity contribution < 1.29 is 9.53 Å². The molecule has 2 rings (SSSR count). The van der Waals surface area contributed by atoms with E-state index in [-0.39, 0.29) is 5.91 Å². The highest BCUT2D eigenvalue weighted by molar-refractivity contribution is 14.1. The number of amides is 1. The summed E-state index contributed by atoms with van der Waals surface area (Å²) in [5.74, 6) is 1.00. The summed E-state index contributed by atoms with van der Waals surface area (Å²) in [5.41, 5.74) is 0.947. The molecule has 5 heteroatoms. The number of carbonyl (C=O) groups excluding carboxylic acids is 1. The second kappa shape index (κ2) is 5.68. The van der Waals surface area contributed by atoms with Gasteiger partial charge in [-0.15, -0.1) is 0 Å². The molecule has 1 aromatic carbocycles. The highest BCUT2D eigenvalue weighted by atomic mass is 127. The number of ether oxygens (including phenoxy) is 1. The number of benzene rings is 1. The van der Waals surface area contributed by atoms with Gasteiger partial charge in [0.2, 0.25) is 5.91 Å². The van der Waals surface area contributed by atoms with Gasteiger partial charge in [0.15, 0.2) is 0 Å². The summed E-state index contributed by atoms with van der Waals surface area (Å²) < 4.78 is 7.26. The second-order valence-corrected chi connectivity index (χ2v) is 5.27. The average Bonchev–Trinajstić information content (AvgIpc) is 2.52. The van der Waals surface area contributed by atoms with Crippen molar-refractivity contribution in [3.63, 3.8) is 0 Å². The largest absolute Gasteiger partial charge is 0.497 e. The van der Waals surface area contributed by atoms with E-state index >= 15 is 0 Å². The molecular formula is C12H15IN2O2. The van der Waals surface area contributed by atoms with Crippen LogP contribution < -0.4 is 9.64 Å². The minimum absolute atomic E-state index is 0.189. The Morgan fingerprint density at radius 2 is 1.88 bits per heavy atom. The van der Waals surface area contributed by atoms with Crippen LogP contribution in [0.1, 0.15) is 6.42 Å². The van der Waals surface area contributed by atoms with Crippen LogP contribution in [0.3, 0.4) is 0 Å². The lowest BCUT2D eigenvalue weighted by atomic mass is 10.2. The summed E-state index contributed by atoms with van der Waals surface area (Å²) in [6.45, 7) is 2.47. The Kier molecular flexibility index (Phi) is 4.22. The van der Waals surface area contributed by atoms with E-state index in [2.05, 4.69) is 26.0 Å². The highest BCUT2D eigenvalue weighted by Gasteiger charge is 2.20. The van der Waals surface area contributed by atoms with Gasteiger partial charge in [-0.3, -0.25) is 4.79 Å². The minimum Gasteiger partial charge on any atom is -0.497 e. The topological polar surface area (TPSA) is 32.8 Å². The molecule has 0 saturated carbocycles. The molecule has 4 nitrogen and oxygen atoms in total. The van der Waals surface area contributed by atoms with E-state index in [0.717, 1.165) is 31.1 Å². The summed E-state index contributed by atoms with van der Waals surface area (Å²) in [4.78, 5) is 13.8. The van der Waals surface area contributed by atoms with Crippen LogP contribution in [-0.4, -0.2) is 35.8 Å². The fraction of sp³-hybridized carbons (Fsp3) is 0.417. The van der Waals surface area contributed by atoms with Gasteiger partial charge in [0.1, 0.15) is 5.75 Å². The number of hydrogen-bond acceptors (Lipinski definition) is 3. The SMILES string of the molecule is COc1ccc(N2CCN(I)CCC2=O)cc1. The lowest BCUT2D eigenvalue weighted by Crippen LogP contribution is -2.31. The van der Waals surface area contributed by atoms with Crippen LogP contribution in [0.2, 0.25) is 0 Å². The van der Waals surface area contributed by atoms with Crippen molar-refractivity contribution in [2.24, 2.45) is 0 Å². The number of halogens is 1. The van der Waals surface area contributed by atoms with Crippen LogP contribution >= 0.6 is 22.9 Å². The zero-order chi connectivity index (χ0) is 12.3.